The largest absolute Gasteiger partial charge is 0.403 e. The molecular weight excluding hydrogens is 291 g/mol. The van der Waals surface area contributed by atoms with Crippen molar-refractivity contribution in [1.29, 1.82) is 0 Å². The summed E-state index contributed by atoms with van der Waals surface area (Å²) < 4.78 is 37.8. The number of alkyl halides is 3. The van der Waals surface area contributed by atoms with Gasteiger partial charge in [0, 0.05) is 38.0 Å². The van der Waals surface area contributed by atoms with Crippen molar-refractivity contribution in [3.05, 3.63) is 0 Å². The molecule has 2 atom stereocenters. The topological polar surface area (TPSA) is 35.6 Å². The van der Waals surface area contributed by atoms with E-state index in [1.807, 2.05) is 13.2 Å². The summed E-state index contributed by atoms with van der Waals surface area (Å²) in [5.41, 5.74) is 0. The Kier molecular flexibility index (Phi) is 6.44. The lowest BCUT2D eigenvalue weighted by molar-refractivity contribution is -0.181. The maximum atomic E-state index is 12.6. The number of carbonyl (C=O) groups is 1. The van der Waals surface area contributed by atoms with E-state index in [0.29, 0.717) is 13.1 Å². The smallest absolute Gasteiger partial charge is 0.335 e. The number of amides is 2. The number of thioether (sulfide) groups is 1. The molecule has 1 saturated heterocycles. The van der Waals surface area contributed by atoms with E-state index >= 15 is 0 Å². The molecule has 0 radical (unpaired) electrons. The molecule has 0 aromatic carbocycles. The van der Waals surface area contributed by atoms with Crippen molar-refractivity contribution in [3.63, 3.8) is 0 Å². The minimum atomic E-state index is -4.21. The summed E-state index contributed by atoms with van der Waals surface area (Å²) in [6, 6.07) is -1.58. The Labute approximate surface area is 122 Å². The standard InChI is InChI=1S/C12H22F3N3OS/c1-9(8-20-3)16-11(19)18-6-4-17(5-7-18)10(2)12(13,14)15/h9-10H,4-8H2,1-3H3,(H,16,19). The molecule has 8 heteroatoms. The highest BCUT2D eigenvalue weighted by Gasteiger charge is 2.41. The number of carbonyl (C=O) groups excluding carboxylic acids is 1. The molecule has 0 aromatic rings. The molecule has 2 amide bonds. The quantitative estimate of drug-likeness (QED) is 0.862. The molecule has 0 bridgehead atoms. The van der Waals surface area contributed by atoms with E-state index in [4.69, 9.17) is 0 Å². The van der Waals surface area contributed by atoms with Crippen LogP contribution in [-0.2, 0) is 0 Å². The highest BCUT2D eigenvalue weighted by atomic mass is 32.2. The van der Waals surface area contributed by atoms with Gasteiger partial charge >= 0.3 is 12.2 Å². The van der Waals surface area contributed by atoms with Crippen LogP contribution in [0.5, 0.6) is 0 Å². The van der Waals surface area contributed by atoms with Crippen LogP contribution in [0.3, 0.4) is 0 Å². The fourth-order valence-corrected chi connectivity index (χ4v) is 2.70. The van der Waals surface area contributed by atoms with Gasteiger partial charge in [0.15, 0.2) is 0 Å². The molecular formula is C12H22F3N3OS. The van der Waals surface area contributed by atoms with Crippen molar-refractivity contribution in [2.75, 3.05) is 38.2 Å². The van der Waals surface area contributed by atoms with Crippen molar-refractivity contribution in [2.24, 2.45) is 0 Å². The first-order valence-electron chi connectivity index (χ1n) is 6.61. The molecule has 1 fully saturated rings. The van der Waals surface area contributed by atoms with Crippen molar-refractivity contribution in [3.8, 4) is 0 Å². The highest BCUT2D eigenvalue weighted by molar-refractivity contribution is 7.98. The second-order valence-electron chi connectivity index (χ2n) is 5.05. The summed E-state index contributed by atoms with van der Waals surface area (Å²) in [6.45, 7) is 4.25. The van der Waals surface area contributed by atoms with Gasteiger partial charge in [0.25, 0.3) is 0 Å². The van der Waals surface area contributed by atoms with Gasteiger partial charge in [-0.2, -0.15) is 24.9 Å². The third kappa shape index (κ3) is 5.05. The molecule has 0 saturated carbocycles. The van der Waals surface area contributed by atoms with Crippen LogP contribution in [-0.4, -0.2) is 72.3 Å². The van der Waals surface area contributed by atoms with Crippen LogP contribution in [0, 0.1) is 0 Å². The second kappa shape index (κ2) is 7.40. The summed E-state index contributed by atoms with van der Waals surface area (Å²) in [5.74, 6) is 0.816. The first-order valence-corrected chi connectivity index (χ1v) is 8.00. The van der Waals surface area contributed by atoms with Crippen molar-refractivity contribution >= 4 is 17.8 Å². The van der Waals surface area contributed by atoms with Crippen LogP contribution in [0.25, 0.3) is 0 Å². The van der Waals surface area contributed by atoms with E-state index in [2.05, 4.69) is 5.32 Å². The third-order valence-electron chi connectivity index (χ3n) is 3.41. The van der Waals surface area contributed by atoms with Gasteiger partial charge in [0.05, 0.1) is 0 Å². The molecule has 0 aliphatic carbocycles. The Bertz CT molecular complexity index is 320. The van der Waals surface area contributed by atoms with E-state index in [9.17, 15) is 18.0 Å². The molecule has 118 valence electrons. The zero-order valence-corrected chi connectivity index (χ0v) is 12.9. The normalized spacial score (nSPS) is 20.6. The number of piperazine rings is 1. The zero-order valence-electron chi connectivity index (χ0n) is 12.0. The van der Waals surface area contributed by atoms with E-state index in [-0.39, 0.29) is 25.2 Å². The first kappa shape index (κ1) is 17.4. The lowest BCUT2D eigenvalue weighted by Gasteiger charge is -2.38. The summed E-state index contributed by atoms with van der Waals surface area (Å²) in [4.78, 5) is 14.9. The number of rotatable bonds is 4. The van der Waals surface area contributed by atoms with Gasteiger partial charge < -0.3 is 10.2 Å². The molecule has 1 aliphatic rings. The average Bonchev–Trinajstić information content (AvgIpc) is 2.37. The lowest BCUT2D eigenvalue weighted by Crippen LogP contribution is -2.57. The number of hydrogen-bond donors (Lipinski definition) is 1. The number of urea groups is 1. The highest BCUT2D eigenvalue weighted by Crippen LogP contribution is 2.25. The molecule has 4 nitrogen and oxygen atoms in total. The SMILES string of the molecule is CSCC(C)NC(=O)N1CCN(C(C)C(F)(F)F)CC1. The van der Waals surface area contributed by atoms with Crippen LogP contribution in [0.4, 0.5) is 18.0 Å². The fraction of sp³-hybridized carbons (Fsp3) is 0.917. The summed E-state index contributed by atoms with van der Waals surface area (Å²) >= 11 is 1.64. The zero-order chi connectivity index (χ0) is 15.3. The predicted molar refractivity (Wildman–Crippen MR) is 75.0 cm³/mol. The molecule has 1 N–H and O–H groups in total. The van der Waals surface area contributed by atoms with E-state index in [1.54, 1.807) is 16.7 Å². The van der Waals surface area contributed by atoms with Crippen molar-refractivity contribution < 1.29 is 18.0 Å². The van der Waals surface area contributed by atoms with Crippen molar-refractivity contribution in [2.45, 2.75) is 32.1 Å². The van der Waals surface area contributed by atoms with E-state index < -0.39 is 12.2 Å². The van der Waals surface area contributed by atoms with Gasteiger partial charge in [0.2, 0.25) is 0 Å². The number of halogens is 3. The number of nitrogens with one attached hydrogen (secondary N) is 1. The minimum Gasteiger partial charge on any atom is -0.335 e. The van der Waals surface area contributed by atoms with Gasteiger partial charge in [-0.25, -0.2) is 4.79 Å². The summed E-state index contributed by atoms with van der Waals surface area (Å²) in [7, 11) is 0. The summed E-state index contributed by atoms with van der Waals surface area (Å²) in [5, 5.41) is 2.85. The van der Waals surface area contributed by atoms with Gasteiger partial charge in [-0.15, -0.1) is 0 Å². The summed E-state index contributed by atoms with van der Waals surface area (Å²) in [6.07, 6.45) is -2.25. The maximum absolute atomic E-state index is 12.6. The van der Waals surface area contributed by atoms with Crippen LogP contribution < -0.4 is 5.32 Å². The Hall–Kier alpha value is -0.630. The van der Waals surface area contributed by atoms with E-state index in [1.165, 1.54) is 4.90 Å². The fourth-order valence-electron chi connectivity index (χ4n) is 2.11. The lowest BCUT2D eigenvalue weighted by atomic mass is 10.2. The molecule has 0 aromatic heterocycles. The van der Waals surface area contributed by atoms with Crippen LogP contribution >= 0.6 is 11.8 Å². The number of nitrogens with zero attached hydrogens (tertiary/aromatic N) is 2. The third-order valence-corrected chi connectivity index (χ3v) is 4.24. The molecule has 1 aliphatic heterocycles. The molecule has 0 spiro atoms. The maximum Gasteiger partial charge on any atom is 0.403 e. The molecule has 20 heavy (non-hydrogen) atoms. The second-order valence-corrected chi connectivity index (χ2v) is 5.96. The Morgan fingerprint density at radius 1 is 1.25 bits per heavy atom. The van der Waals surface area contributed by atoms with Gasteiger partial charge in [-0.3, -0.25) is 4.90 Å². The van der Waals surface area contributed by atoms with Crippen LogP contribution in [0.15, 0.2) is 0 Å². The monoisotopic (exact) mass is 313 g/mol. The van der Waals surface area contributed by atoms with Crippen molar-refractivity contribution in [1.82, 2.24) is 15.1 Å². The molecule has 1 rings (SSSR count). The Morgan fingerprint density at radius 3 is 2.25 bits per heavy atom. The average molecular weight is 313 g/mol. The molecule has 2 unspecified atom stereocenters. The molecule has 1 heterocycles. The number of hydrogen-bond acceptors (Lipinski definition) is 3. The predicted octanol–water partition coefficient (Wildman–Crippen LogP) is 2.02. The van der Waals surface area contributed by atoms with Gasteiger partial charge in [0.1, 0.15) is 6.04 Å². The van der Waals surface area contributed by atoms with E-state index in [0.717, 1.165) is 12.7 Å². The van der Waals surface area contributed by atoms with Gasteiger partial charge in [-0.05, 0) is 20.1 Å². The van der Waals surface area contributed by atoms with Crippen LogP contribution in [0.2, 0.25) is 0 Å². The first-order chi connectivity index (χ1) is 9.25. The Morgan fingerprint density at radius 2 is 1.80 bits per heavy atom. The Balaban J connectivity index is 2.40. The van der Waals surface area contributed by atoms with Gasteiger partial charge in [-0.1, -0.05) is 0 Å². The minimum absolute atomic E-state index is 0.0598. The van der Waals surface area contributed by atoms with Crippen LogP contribution in [0.1, 0.15) is 13.8 Å².